The second-order valence-electron chi connectivity index (χ2n) is 13.3. The van der Waals surface area contributed by atoms with Crippen molar-refractivity contribution in [2.45, 2.75) is 96.5 Å². The van der Waals surface area contributed by atoms with E-state index in [1.54, 1.807) is 63.2 Å². The second kappa shape index (κ2) is 12.2. The van der Waals surface area contributed by atoms with Crippen LogP contribution in [0.2, 0.25) is 0 Å². The van der Waals surface area contributed by atoms with Gasteiger partial charge in [-0.1, -0.05) is 50.3 Å². The molecule has 3 aliphatic carbocycles. The highest BCUT2D eigenvalue weighted by Crippen LogP contribution is 2.52. The van der Waals surface area contributed by atoms with Crippen LogP contribution >= 0.6 is 0 Å². The number of aliphatic hydroxyl groups excluding tert-OH is 4. The largest absolute Gasteiger partial charge is 0.458 e. The average molecular weight is 600 g/mol. The summed E-state index contributed by atoms with van der Waals surface area (Å²) >= 11 is 0. The van der Waals surface area contributed by atoms with Crippen molar-refractivity contribution in [2.24, 2.45) is 16.7 Å². The van der Waals surface area contributed by atoms with Gasteiger partial charge in [0.05, 0.1) is 23.7 Å². The van der Waals surface area contributed by atoms with Gasteiger partial charge in [0.15, 0.2) is 11.9 Å². The first-order valence-electron chi connectivity index (χ1n) is 14.8. The number of Topliss-reactive ketones (excluding diaryl/α,β-unsaturated/α-hetero) is 1. The molecule has 0 amide bonds. The number of hydrogen-bond donors (Lipinski definition) is 4. The normalized spacial score (nSPS) is 35.0. The summed E-state index contributed by atoms with van der Waals surface area (Å²) in [5.74, 6) is -2.61. The molecule has 4 bridgehead atoms. The fourth-order valence-electron chi connectivity index (χ4n) is 7.40. The summed E-state index contributed by atoms with van der Waals surface area (Å²) in [4.78, 5) is 41.0. The van der Waals surface area contributed by atoms with E-state index in [0.717, 1.165) is 0 Å². The van der Waals surface area contributed by atoms with Gasteiger partial charge < -0.3 is 29.9 Å². The van der Waals surface area contributed by atoms with Crippen molar-refractivity contribution in [3.63, 3.8) is 0 Å². The van der Waals surface area contributed by atoms with Gasteiger partial charge in [0.1, 0.15) is 18.3 Å². The minimum atomic E-state index is -1.62. The number of nitrogens with zero attached hydrogens (tertiary/aromatic N) is 1. The Morgan fingerprint density at radius 1 is 1.00 bits per heavy atom. The molecule has 0 heterocycles. The molecule has 236 valence electrons. The molecule has 10 nitrogen and oxygen atoms in total. The Balaban J connectivity index is 1.74. The minimum absolute atomic E-state index is 0.0716. The maximum Gasteiger partial charge on any atom is 0.337 e. The number of ketones is 1. The zero-order chi connectivity index (χ0) is 32.0. The lowest BCUT2D eigenvalue weighted by Gasteiger charge is -2.50. The van der Waals surface area contributed by atoms with Crippen molar-refractivity contribution in [1.29, 1.82) is 0 Å². The third-order valence-corrected chi connectivity index (χ3v) is 9.84. The number of benzene rings is 1. The molecule has 1 aromatic rings. The molecule has 4 N–H and O–H groups in total. The van der Waals surface area contributed by atoms with Crippen LogP contribution in [0.5, 0.6) is 0 Å². The van der Waals surface area contributed by atoms with Gasteiger partial charge in [0.2, 0.25) is 0 Å². The van der Waals surface area contributed by atoms with Crippen molar-refractivity contribution in [1.82, 2.24) is 4.90 Å². The Morgan fingerprint density at radius 2 is 1.63 bits per heavy atom. The first-order valence-corrected chi connectivity index (χ1v) is 14.8. The summed E-state index contributed by atoms with van der Waals surface area (Å²) in [6.07, 6.45) is -5.82. The number of hydrogen-bond acceptors (Lipinski definition) is 10. The molecule has 0 radical (unpaired) electrons. The number of esters is 2. The lowest BCUT2D eigenvalue weighted by Crippen LogP contribution is -2.56. The Kier molecular flexibility index (Phi) is 9.40. The number of ether oxygens (including phenoxy) is 2. The average Bonchev–Trinajstić information content (AvgIpc) is 2.91. The third-order valence-electron chi connectivity index (χ3n) is 9.84. The Bertz CT molecular complexity index is 1300. The van der Waals surface area contributed by atoms with E-state index < -0.39 is 77.1 Å². The summed E-state index contributed by atoms with van der Waals surface area (Å²) in [6.45, 7) is 8.20. The molecule has 1 fully saturated rings. The highest BCUT2D eigenvalue weighted by Gasteiger charge is 2.55. The third kappa shape index (κ3) is 6.08. The molecule has 0 aromatic heterocycles. The monoisotopic (exact) mass is 599 g/mol. The van der Waals surface area contributed by atoms with Gasteiger partial charge in [-0.25, -0.2) is 4.79 Å². The number of aliphatic hydroxyl groups is 4. The summed E-state index contributed by atoms with van der Waals surface area (Å²) in [5, 5.41) is 45.7. The molecule has 10 heteroatoms. The maximum atomic E-state index is 14.0. The van der Waals surface area contributed by atoms with Crippen LogP contribution in [0.1, 0.15) is 65.5 Å². The number of fused-ring (bicyclic) bond motifs is 4. The number of carbonyl (C=O) groups is 3. The Morgan fingerprint density at radius 3 is 2.21 bits per heavy atom. The summed E-state index contributed by atoms with van der Waals surface area (Å²) in [7, 11) is 3.47. The highest BCUT2D eigenvalue weighted by atomic mass is 16.6. The predicted molar refractivity (Wildman–Crippen MR) is 157 cm³/mol. The highest BCUT2D eigenvalue weighted by molar-refractivity contribution is 5.92. The van der Waals surface area contributed by atoms with Crippen molar-refractivity contribution in [2.75, 3.05) is 14.1 Å². The number of likely N-dealkylation sites (N-methyl/N-ethyl adjacent to an activating group) is 1. The van der Waals surface area contributed by atoms with Crippen LogP contribution in [0.4, 0.5) is 0 Å². The van der Waals surface area contributed by atoms with Gasteiger partial charge in [0, 0.05) is 19.3 Å². The molecular weight excluding hydrogens is 554 g/mol. The quantitative estimate of drug-likeness (QED) is 0.283. The van der Waals surface area contributed by atoms with E-state index in [9.17, 15) is 34.8 Å². The summed E-state index contributed by atoms with van der Waals surface area (Å²) in [6, 6.07) is 8.34. The first-order chi connectivity index (χ1) is 20.0. The van der Waals surface area contributed by atoms with E-state index in [0.29, 0.717) is 22.3 Å². The van der Waals surface area contributed by atoms with Gasteiger partial charge in [-0.3, -0.25) is 14.5 Å². The van der Waals surface area contributed by atoms with Crippen molar-refractivity contribution in [3.05, 3.63) is 58.7 Å². The zero-order valence-electron chi connectivity index (χ0n) is 26.0. The van der Waals surface area contributed by atoms with Crippen LogP contribution in [0.3, 0.4) is 0 Å². The number of rotatable bonds is 6. The summed E-state index contributed by atoms with van der Waals surface area (Å²) in [5.41, 5.74) is -0.308. The first kappa shape index (κ1) is 33.0. The van der Waals surface area contributed by atoms with E-state index in [1.165, 1.54) is 6.92 Å². The molecule has 1 aromatic carbocycles. The number of carbonyl (C=O) groups excluding carboxylic acids is 3. The van der Waals surface area contributed by atoms with E-state index >= 15 is 0 Å². The van der Waals surface area contributed by atoms with Crippen LogP contribution in [0.25, 0.3) is 0 Å². The zero-order valence-corrected chi connectivity index (χ0v) is 26.0. The van der Waals surface area contributed by atoms with Crippen LogP contribution in [0, 0.1) is 16.7 Å². The Hall–Kier alpha value is -2.89. The molecule has 1 saturated carbocycles. The van der Waals surface area contributed by atoms with Crippen molar-refractivity contribution >= 4 is 17.7 Å². The van der Waals surface area contributed by atoms with Crippen LogP contribution in [-0.2, 0) is 23.9 Å². The molecule has 4 rings (SSSR count). The van der Waals surface area contributed by atoms with Crippen LogP contribution in [0.15, 0.2) is 53.1 Å². The van der Waals surface area contributed by atoms with E-state index in [1.807, 2.05) is 19.9 Å². The van der Waals surface area contributed by atoms with Gasteiger partial charge in [-0.2, -0.15) is 0 Å². The van der Waals surface area contributed by atoms with E-state index in [4.69, 9.17) is 9.47 Å². The SMILES string of the molecule is CC(=O)O[C@H]1C[C@@H]2[C@H](O)/C=C3\C[C@](C)(C(=O)[C@H](O)C(=C1C)C2(C)C)[C@@H](O)C[C@@H]3OC(=O)[C@H](O)[C@H](c1ccccc1)N(C)C. The smallest absolute Gasteiger partial charge is 0.337 e. The maximum absolute atomic E-state index is 14.0. The molecule has 0 unspecified atom stereocenters. The van der Waals surface area contributed by atoms with Crippen LogP contribution < -0.4 is 0 Å². The lowest BCUT2D eigenvalue weighted by molar-refractivity contribution is -0.166. The summed E-state index contributed by atoms with van der Waals surface area (Å²) < 4.78 is 11.4. The van der Waals surface area contributed by atoms with Gasteiger partial charge in [-0.15, -0.1) is 0 Å². The molecular formula is C33H45NO9. The Labute approximate surface area is 253 Å². The molecule has 43 heavy (non-hydrogen) atoms. The van der Waals surface area contributed by atoms with Gasteiger partial charge >= 0.3 is 11.9 Å². The second-order valence-corrected chi connectivity index (χ2v) is 13.3. The van der Waals surface area contributed by atoms with E-state index in [2.05, 4.69) is 0 Å². The molecule has 0 saturated heterocycles. The van der Waals surface area contributed by atoms with E-state index in [-0.39, 0.29) is 19.3 Å². The van der Waals surface area contributed by atoms with Gasteiger partial charge in [0.25, 0.3) is 0 Å². The van der Waals surface area contributed by atoms with Crippen LogP contribution in [-0.4, -0.2) is 93.8 Å². The molecule has 0 spiro atoms. The van der Waals surface area contributed by atoms with Gasteiger partial charge in [-0.05, 0) is 68.5 Å². The molecule has 9 atom stereocenters. The predicted octanol–water partition coefficient (Wildman–Crippen LogP) is 2.25. The molecule has 0 aliphatic heterocycles. The fourth-order valence-corrected chi connectivity index (χ4v) is 7.40. The fraction of sp³-hybridized carbons (Fsp3) is 0.606. The standard InChI is InChI=1S/C33H45NO9/c1-17-23(42-18(2)35)14-21-22(36)13-20-16-33(5,30(40)28(38)26(17)32(21,3)4)25(37)15-24(20)43-31(41)29(39)27(34(6)7)19-11-9-8-10-12-19/h8-13,21-25,27-29,36-39H,14-16H2,1-7H3/b20-13+/t21-,22-,23+,24+,25+,27+,28-,29-,33+/m1/s1. The minimum Gasteiger partial charge on any atom is -0.458 e. The lowest BCUT2D eigenvalue weighted by atomic mass is 9.57. The topological polar surface area (TPSA) is 154 Å². The molecule has 3 aliphatic rings. The van der Waals surface area contributed by atoms with Crippen molar-refractivity contribution in [3.8, 4) is 0 Å². The van der Waals surface area contributed by atoms with Crippen molar-refractivity contribution < 1.29 is 44.3 Å².